The average Bonchev–Trinajstić information content (AvgIpc) is 2.14. The standard InChI is InChI=1S/C8H14N4O/c1-6(3-9)4-10-7-2-8(13)12-5-11-7/h2,5-6H,3-4,9H2,1H3,(H2,10,11,12,13). The van der Waals surface area contributed by atoms with Gasteiger partial charge in [-0.2, -0.15) is 0 Å². The van der Waals surface area contributed by atoms with E-state index in [4.69, 9.17) is 5.73 Å². The molecule has 1 aromatic rings. The molecule has 4 N–H and O–H groups in total. The number of nitrogens with one attached hydrogen (secondary N) is 2. The van der Waals surface area contributed by atoms with E-state index in [0.717, 1.165) is 6.54 Å². The first-order chi connectivity index (χ1) is 6.22. The predicted octanol–water partition coefficient (Wildman–Crippen LogP) is -0.223. The van der Waals surface area contributed by atoms with Gasteiger partial charge >= 0.3 is 0 Å². The molecule has 13 heavy (non-hydrogen) atoms. The average molecular weight is 182 g/mol. The van der Waals surface area contributed by atoms with E-state index < -0.39 is 0 Å². The van der Waals surface area contributed by atoms with Crippen LogP contribution in [0.1, 0.15) is 6.92 Å². The van der Waals surface area contributed by atoms with Gasteiger partial charge in [-0.05, 0) is 12.5 Å². The Morgan fingerprint density at radius 2 is 2.54 bits per heavy atom. The molecule has 0 aliphatic carbocycles. The van der Waals surface area contributed by atoms with Gasteiger partial charge in [0.15, 0.2) is 0 Å². The largest absolute Gasteiger partial charge is 0.370 e. The van der Waals surface area contributed by atoms with Crippen molar-refractivity contribution >= 4 is 5.82 Å². The molecule has 1 unspecified atom stereocenters. The van der Waals surface area contributed by atoms with E-state index in [1.807, 2.05) is 6.92 Å². The molecule has 0 aliphatic heterocycles. The molecule has 1 rings (SSSR count). The van der Waals surface area contributed by atoms with E-state index in [0.29, 0.717) is 18.3 Å². The smallest absolute Gasteiger partial charge is 0.252 e. The summed E-state index contributed by atoms with van der Waals surface area (Å²) in [5, 5.41) is 3.03. The molecule has 5 nitrogen and oxygen atoms in total. The number of H-pyrrole nitrogens is 1. The minimum atomic E-state index is -0.155. The fraction of sp³-hybridized carbons (Fsp3) is 0.500. The fourth-order valence-corrected chi connectivity index (χ4v) is 0.827. The Morgan fingerprint density at radius 1 is 1.77 bits per heavy atom. The Labute approximate surface area is 76.4 Å². The highest BCUT2D eigenvalue weighted by Crippen LogP contribution is 1.97. The van der Waals surface area contributed by atoms with E-state index in [1.165, 1.54) is 12.4 Å². The van der Waals surface area contributed by atoms with E-state index in [9.17, 15) is 4.79 Å². The van der Waals surface area contributed by atoms with Crippen LogP contribution in [-0.4, -0.2) is 23.1 Å². The number of nitrogens with zero attached hydrogens (tertiary/aromatic N) is 1. The molecule has 1 atom stereocenters. The number of hydrogen-bond acceptors (Lipinski definition) is 4. The van der Waals surface area contributed by atoms with Crippen LogP contribution in [0.3, 0.4) is 0 Å². The number of anilines is 1. The molecule has 0 spiro atoms. The highest BCUT2D eigenvalue weighted by atomic mass is 16.1. The molecule has 0 radical (unpaired) electrons. The third kappa shape index (κ3) is 3.25. The van der Waals surface area contributed by atoms with Gasteiger partial charge in [0, 0.05) is 12.6 Å². The van der Waals surface area contributed by atoms with Crippen molar-refractivity contribution in [3.8, 4) is 0 Å². The van der Waals surface area contributed by atoms with Crippen LogP contribution in [-0.2, 0) is 0 Å². The Morgan fingerprint density at radius 3 is 3.15 bits per heavy atom. The molecule has 0 saturated carbocycles. The third-order valence-electron chi connectivity index (χ3n) is 1.71. The highest BCUT2D eigenvalue weighted by molar-refractivity contribution is 5.31. The van der Waals surface area contributed by atoms with Crippen LogP contribution in [0, 0.1) is 5.92 Å². The zero-order valence-electron chi connectivity index (χ0n) is 7.58. The molecule has 0 aromatic carbocycles. The summed E-state index contributed by atoms with van der Waals surface area (Å²) in [6.07, 6.45) is 1.37. The molecule has 0 aliphatic rings. The SMILES string of the molecule is CC(CN)CNc1cc(=O)[nH]cn1. The van der Waals surface area contributed by atoms with Gasteiger partial charge < -0.3 is 16.0 Å². The second-order valence-electron chi connectivity index (χ2n) is 3.02. The molecule has 1 aromatic heterocycles. The number of nitrogens with two attached hydrogens (primary N) is 1. The van der Waals surface area contributed by atoms with Gasteiger partial charge in [0.05, 0.1) is 6.33 Å². The van der Waals surface area contributed by atoms with Gasteiger partial charge in [-0.1, -0.05) is 6.92 Å². The maximum atomic E-state index is 10.8. The van der Waals surface area contributed by atoms with Crippen LogP contribution in [0.25, 0.3) is 0 Å². The summed E-state index contributed by atoms with van der Waals surface area (Å²) in [4.78, 5) is 17.2. The summed E-state index contributed by atoms with van der Waals surface area (Å²) >= 11 is 0. The first-order valence-electron chi connectivity index (χ1n) is 4.21. The maximum Gasteiger partial charge on any atom is 0.252 e. The van der Waals surface area contributed by atoms with Gasteiger partial charge in [0.2, 0.25) is 0 Å². The molecule has 0 fully saturated rings. The molecule has 0 amide bonds. The van der Waals surface area contributed by atoms with E-state index in [1.54, 1.807) is 0 Å². The molecular formula is C8H14N4O. The van der Waals surface area contributed by atoms with Crippen molar-refractivity contribution in [2.24, 2.45) is 11.7 Å². The summed E-state index contributed by atoms with van der Waals surface area (Å²) in [5.41, 5.74) is 5.28. The number of hydrogen-bond donors (Lipinski definition) is 3. The van der Waals surface area contributed by atoms with Crippen molar-refractivity contribution in [1.82, 2.24) is 9.97 Å². The lowest BCUT2D eigenvalue weighted by Crippen LogP contribution is -2.21. The van der Waals surface area contributed by atoms with Crippen molar-refractivity contribution in [3.05, 3.63) is 22.7 Å². The number of aromatic nitrogens is 2. The lowest BCUT2D eigenvalue weighted by atomic mass is 10.2. The second kappa shape index (κ2) is 4.61. The minimum absolute atomic E-state index is 0.155. The summed E-state index contributed by atoms with van der Waals surface area (Å²) < 4.78 is 0. The Bertz CT molecular complexity index is 309. The van der Waals surface area contributed by atoms with Crippen LogP contribution >= 0.6 is 0 Å². The first kappa shape index (κ1) is 9.73. The van der Waals surface area contributed by atoms with Gasteiger partial charge in [0.1, 0.15) is 5.82 Å². The normalized spacial score (nSPS) is 12.5. The lowest BCUT2D eigenvalue weighted by Gasteiger charge is -2.09. The van der Waals surface area contributed by atoms with Crippen molar-refractivity contribution in [2.45, 2.75) is 6.92 Å². The van der Waals surface area contributed by atoms with E-state index >= 15 is 0 Å². The Kier molecular flexibility index (Phi) is 3.45. The highest BCUT2D eigenvalue weighted by Gasteiger charge is 1.99. The summed E-state index contributed by atoms with van der Waals surface area (Å²) in [5.74, 6) is 0.963. The molecule has 1 heterocycles. The lowest BCUT2D eigenvalue weighted by molar-refractivity contribution is 0.626. The van der Waals surface area contributed by atoms with Crippen LogP contribution in [0.15, 0.2) is 17.2 Å². The van der Waals surface area contributed by atoms with Crippen LogP contribution < -0.4 is 16.6 Å². The molecule has 72 valence electrons. The topological polar surface area (TPSA) is 83.8 Å². The van der Waals surface area contributed by atoms with Gasteiger partial charge in [-0.3, -0.25) is 4.79 Å². The van der Waals surface area contributed by atoms with Crippen molar-refractivity contribution < 1.29 is 0 Å². The van der Waals surface area contributed by atoms with Crippen LogP contribution in [0.5, 0.6) is 0 Å². The predicted molar refractivity (Wildman–Crippen MR) is 51.6 cm³/mol. The Balaban J connectivity index is 2.50. The first-order valence-corrected chi connectivity index (χ1v) is 4.21. The zero-order chi connectivity index (χ0) is 9.68. The molecular weight excluding hydrogens is 168 g/mol. The summed E-state index contributed by atoms with van der Waals surface area (Å²) in [6.45, 7) is 3.38. The number of rotatable bonds is 4. The summed E-state index contributed by atoms with van der Waals surface area (Å²) in [7, 11) is 0. The monoisotopic (exact) mass is 182 g/mol. The molecule has 5 heteroatoms. The third-order valence-corrected chi connectivity index (χ3v) is 1.71. The fourth-order valence-electron chi connectivity index (χ4n) is 0.827. The van der Waals surface area contributed by atoms with Gasteiger partial charge in [-0.15, -0.1) is 0 Å². The van der Waals surface area contributed by atoms with E-state index in [-0.39, 0.29) is 5.56 Å². The minimum Gasteiger partial charge on any atom is -0.370 e. The van der Waals surface area contributed by atoms with Crippen LogP contribution in [0.2, 0.25) is 0 Å². The zero-order valence-corrected chi connectivity index (χ0v) is 7.58. The molecule has 0 bridgehead atoms. The van der Waals surface area contributed by atoms with Crippen molar-refractivity contribution in [2.75, 3.05) is 18.4 Å². The molecule has 0 saturated heterocycles. The van der Waals surface area contributed by atoms with Gasteiger partial charge in [0.25, 0.3) is 5.56 Å². The quantitative estimate of drug-likeness (QED) is 0.601. The second-order valence-corrected chi connectivity index (χ2v) is 3.02. The van der Waals surface area contributed by atoms with Crippen molar-refractivity contribution in [1.29, 1.82) is 0 Å². The van der Waals surface area contributed by atoms with Gasteiger partial charge in [-0.25, -0.2) is 4.98 Å². The van der Waals surface area contributed by atoms with Crippen LogP contribution in [0.4, 0.5) is 5.82 Å². The number of aromatic amines is 1. The summed E-state index contributed by atoms with van der Waals surface area (Å²) in [6, 6.07) is 1.42. The Hall–Kier alpha value is -1.36. The maximum absolute atomic E-state index is 10.8. The van der Waals surface area contributed by atoms with E-state index in [2.05, 4.69) is 15.3 Å². The van der Waals surface area contributed by atoms with Crippen molar-refractivity contribution in [3.63, 3.8) is 0 Å².